The summed E-state index contributed by atoms with van der Waals surface area (Å²) in [6.45, 7) is 14.3. The van der Waals surface area contributed by atoms with Crippen LogP contribution >= 0.6 is 0 Å². The highest BCUT2D eigenvalue weighted by Gasteiger charge is 2.48. The Balaban J connectivity index is 1.59. The normalized spacial score (nSPS) is 18.5. The van der Waals surface area contributed by atoms with E-state index in [1.165, 1.54) is 0 Å². The molecule has 1 amide bonds. The number of ether oxygens (including phenoxy) is 1. The number of rotatable bonds is 17. The van der Waals surface area contributed by atoms with Crippen LogP contribution in [0.3, 0.4) is 0 Å². The molecule has 2 aromatic rings. The van der Waals surface area contributed by atoms with Gasteiger partial charge in [-0.25, -0.2) is 0 Å². The average Bonchev–Trinajstić information content (AvgIpc) is 2.94. The molecule has 2 unspecified atom stereocenters. The first-order valence-corrected chi connectivity index (χ1v) is 18.8. The van der Waals surface area contributed by atoms with Crippen LogP contribution in [-0.2, 0) is 27.4 Å². The van der Waals surface area contributed by atoms with Gasteiger partial charge in [-0.2, -0.15) is 5.06 Å². The van der Waals surface area contributed by atoms with E-state index >= 15 is 0 Å². The molecule has 0 aromatic heterocycles. The molecule has 2 aromatic carbocycles. The van der Waals surface area contributed by atoms with Crippen molar-refractivity contribution in [1.82, 2.24) is 15.3 Å². The van der Waals surface area contributed by atoms with Gasteiger partial charge in [0.15, 0.2) is 0 Å². The number of hydroxylamine groups is 2. The molecule has 4 N–H and O–H groups in total. The van der Waals surface area contributed by atoms with Crippen molar-refractivity contribution in [2.75, 3.05) is 20.7 Å². The summed E-state index contributed by atoms with van der Waals surface area (Å²) in [5, 5.41) is 5.58. The predicted molar refractivity (Wildman–Crippen MR) is 185 cm³/mol. The molecule has 0 spiro atoms. The van der Waals surface area contributed by atoms with E-state index in [9.17, 15) is 4.79 Å². The maximum atomic E-state index is 13.6. The van der Waals surface area contributed by atoms with Gasteiger partial charge in [-0.15, -0.1) is 0 Å². The SMILES string of the molecule is CC(C)C(ON1C(C)(C)CC(NC(=O)C(Cc2ccccc2)N(C)C)CC1(C)C)c1ccc(COCCCCC[Si](O)(O)O)cc1. The van der Waals surface area contributed by atoms with Gasteiger partial charge in [0.05, 0.1) is 12.6 Å². The van der Waals surface area contributed by atoms with E-state index in [0.29, 0.717) is 26.1 Å². The lowest BCUT2D eigenvalue weighted by Crippen LogP contribution is -2.65. The van der Waals surface area contributed by atoms with Gasteiger partial charge >= 0.3 is 8.80 Å². The number of benzene rings is 2. The van der Waals surface area contributed by atoms with E-state index < -0.39 is 8.80 Å². The van der Waals surface area contributed by atoms with Gasteiger partial charge in [-0.1, -0.05) is 74.9 Å². The molecule has 0 aliphatic carbocycles. The molecule has 0 saturated carbocycles. The Morgan fingerprint density at radius 2 is 1.54 bits per heavy atom. The number of hydrogen-bond donors (Lipinski definition) is 4. The number of hydrogen-bond acceptors (Lipinski definition) is 8. The third-order valence-electron chi connectivity index (χ3n) is 8.84. The highest BCUT2D eigenvalue weighted by Crippen LogP contribution is 2.42. The summed E-state index contributed by atoms with van der Waals surface area (Å²) in [6, 6.07) is 18.5. The highest BCUT2D eigenvalue weighted by molar-refractivity contribution is 6.56. The first-order valence-electron chi connectivity index (χ1n) is 16.8. The number of piperidine rings is 1. The fraction of sp³-hybridized carbons (Fsp3) is 0.639. The zero-order chi connectivity index (χ0) is 34.1. The van der Waals surface area contributed by atoms with Gasteiger partial charge < -0.3 is 24.4 Å². The molecule has 1 fully saturated rings. The maximum Gasteiger partial charge on any atom is 0.492 e. The van der Waals surface area contributed by atoms with Gasteiger partial charge in [0.1, 0.15) is 6.10 Å². The minimum absolute atomic E-state index is 0.0294. The summed E-state index contributed by atoms with van der Waals surface area (Å²) in [6.07, 6.45) is 4.25. The third-order valence-corrected chi connectivity index (χ3v) is 9.86. The molecule has 2 atom stereocenters. The number of amides is 1. The van der Waals surface area contributed by atoms with E-state index in [4.69, 9.17) is 24.0 Å². The van der Waals surface area contributed by atoms with Crippen LogP contribution in [0.25, 0.3) is 0 Å². The Morgan fingerprint density at radius 1 is 0.935 bits per heavy atom. The third kappa shape index (κ3) is 11.8. The van der Waals surface area contributed by atoms with Crippen LogP contribution in [0.5, 0.6) is 0 Å². The topological polar surface area (TPSA) is 115 Å². The summed E-state index contributed by atoms with van der Waals surface area (Å²) < 4.78 is 5.82. The lowest BCUT2D eigenvalue weighted by molar-refractivity contribution is -0.316. The second kappa shape index (κ2) is 16.8. The largest absolute Gasteiger partial charge is 0.492 e. The number of carbonyl (C=O) groups is 1. The van der Waals surface area contributed by atoms with Gasteiger partial charge in [-0.3, -0.25) is 14.5 Å². The minimum Gasteiger partial charge on any atom is -0.390 e. The zero-order valence-electron chi connectivity index (χ0n) is 29.3. The second-order valence-corrected chi connectivity index (χ2v) is 16.9. The van der Waals surface area contributed by atoms with Crippen LogP contribution in [0.4, 0.5) is 0 Å². The molecule has 0 radical (unpaired) electrons. The number of nitrogens with one attached hydrogen (secondary N) is 1. The summed E-state index contributed by atoms with van der Waals surface area (Å²) in [4.78, 5) is 49.8. The van der Waals surface area contributed by atoms with Crippen molar-refractivity contribution >= 4 is 14.7 Å². The second-order valence-electron chi connectivity index (χ2n) is 14.9. The lowest BCUT2D eigenvalue weighted by Gasteiger charge is -2.55. The van der Waals surface area contributed by atoms with Gasteiger partial charge in [0, 0.05) is 29.8 Å². The van der Waals surface area contributed by atoms with Crippen LogP contribution < -0.4 is 5.32 Å². The molecule has 258 valence electrons. The lowest BCUT2D eigenvalue weighted by atomic mass is 9.78. The Labute approximate surface area is 278 Å². The van der Waals surface area contributed by atoms with Crippen LogP contribution in [0, 0.1) is 5.92 Å². The fourth-order valence-corrected chi connectivity index (χ4v) is 7.44. The Morgan fingerprint density at radius 3 is 2.09 bits per heavy atom. The van der Waals surface area contributed by atoms with Crippen molar-refractivity contribution in [1.29, 1.82) is 0 Å². The molecule has 46 heavy (non-hydrogen) atoms. The number of likely N-dealkylation sites (N-methyl/N-ethyl adjacent to an activating group) is 1. The van der Waals surface area contributed by atoms with Crippen molar-refractivity contribution in [2.24, 2.45) is 5.92 Å². The highest BCUT2D eigenvalue weighted by atomic mass is 28.4. The van der Waals surface area contributed by atoms with Crippen molar-refractivity contribution in [3.63, 3.8) is 0 Å². The molecular formula is C36H59N3O6Si. The Kier molecular flexibility index (Phi) is 14.0. The van der Waals surface area contributed by atoms with Crippen molar-refractivity contribution in [3.8, 4) is 0 Å². The average molecular weight is 658 g/mol. The monoisotopic (exact) mass is 657 g/mol. The summed E-state index contributed by atoms with van der Waals surface area (Å²) in [7, 11) is 0.000540. The zero-order valence-corrected chi connectivity index (χ0v) is 30.3. The molecule has 1 aliphatic rings. The minimum atomic E-state index is -3.93. The van der Waals surface area contributed by atoms with Gasteiger partial charge in [0.2, 0.25) is 5.91 Å². The predicted octanol–water partition coefficient (Wildman–Crippen LogP) is 5.23. The summed E-state index contributed by atoms with van der Waals surface area (Å²) >= 11 is 0. The number of nitrogens with zero attached hydrogens (tertiary/aromatic N) is 2. The molecule has 10 heteroatoms. The first kappa shape index (κ1) is 38.3. The Hall–Kier alpha value is -2.15. The molecule has 0 bridgehead atoms. The van der Waals surface area contributed by atoms with Crippen molar-refractivity contribution in [3.05, 3.63) is 71.3 Å². The number of carbonyl (C=O) groups excluding carboxylic acids is 1. The molecule has 3 rings (SSSR count). The van der Waals surface area contributed by atoms with E-state index in [1.807, 2.05) is 37.2 Å². The van der Waals surface area contributed by atoms with Crippen LogP contribution in [0.15, 0.2) is 54.6 Å². The van der Waals surface area contributed by atoms with E-state index in [-0.39, 0.29) is 47.1 Å². The standard InChI is InChI=1S/C36H59N3O6Si/c1-27(2)33(30-19-17-29(18-20-30)26-44-21-13-10-14-22-46(41,42)43)45-39-35(3,4)24-31(25-36(39,5)6)37-34(40)32(38(7)8)23-28-15-11-9-12-16-28/h9,11-12,15-20,27,31-33,41-43H,10,13-14,21-26H2,1-8H3,(H,37,40). The quantitative estimate of drug-likeness (QED) is 0.135. The molecular weight excluding hydrogens is 598 g/mol. The summed E-state index contributed by atoms with van der Waals surface area (Å²) in [5.41, 5.74) is 2.71. The van der Waals surface area contributed by atoms with E-state index in [1.54, 1.807) is 0 Å². The van der Waals surface area contributed by atoms with Crippen LogP contribution in [0.2, 0.25) is 6.04 Å². The molecule has 1 aliphatic heterocycles. The first-order chi connectivity index (χ1) is 21.5. The molecule has 1 heterocycles. The molecule has 9 nitrogen and oxygen atoms in total. The number of unbranched alkanes of at least 4 members (excludes halogenated alkanes) is 2. The van der Waals surface area contributed by atoms with Crippen LogP contribution in [0.1, 0.15) is 96.4 Å². The molecule has 1 saturated heterocycles. The van der Waals surface area contributed by atoms with E-state index in [2.05, 4.69) is 88.3 Å². The van der Waals surface area contributed by atoms with Crippen molar-refractivity contribution < 1.29 is 28.8 Å². The van der Waals surface area contributed by atoms with Gasteiger partial charge in [0.25, 0.3) is 0 Å². The summed E-state index contributed by atoms with van der Waals surface area (Å²) in [5.74, 6) is 0.301. The maximum absolute atomic E-state index is 13.6. The Bertz CT molecular complexity index is 1180. The van der Waals surface area contributed by atoms with Crippen molar-refractivity contribution in [2.45, 2.75) is 122 Å². The fourth-order valence-electron chi connectivity index (χ4n) is 6.71. The van der Waals surface area contributed by atoms with E-state index in [0.717, 1.165) is 42.4 Å². The van der Waals surface area contributed by atoms with Crippen LogP contribution in [-0.4, -0.2) is 82.9 Å². The van der Waals surface area contributed by atoms with Gasteiger partial charge in [-0.05, 0) is 96.5 Å². The smallest absolute Gasteiger partial charge is 0.390 e.